The van der Waals surface area contributed by atoms with E-state index in [1.54, 1.807) is 0 Å². The van der Waals surface area contributed by atoms with E-state index in [4.69, 9.17) is 5.11 Å². The number of amides is 1. The van der Waals surface area contributed by atoms with Crippen LogP contribution in [0.1, 0.15) is 6.42 Å². The molecule has 1 heterocycles. The van der Waals surface area contributed by atoms with Gasteiger partial charge >= 0.3 is 21.5 Å². The Kier molecular flexibility index (Phi) is 3.86. The van der Waals surface area contributed by atoms with Gasteiger partial charge in [0.25, 0.3) is 0 Å². The van der Waals surface area contributed by atoms with E-state index in [-0.39, 0.29) is 10.8 Å². The Bertz CT molecular complexity index is 460. The van der Waals surface area contributed by atoms with Crippen LogP contribution in [0.2, 0.25) is 0 Å². The molecule has 0 spiro atoms. The van der Waals surface area contributed by atoms with Gasteiger partial charge in [-0.15, -0.1) is 0 Å². The van der Waals surface area contributed by atoms with Crippen molar-refractivity contribution in [3.05, 3.63) is 0 Å². The van der Waals surface area contributed by atoms with Crippen molar-refractivity contribution in [2.45, 2.75) is 18.0 Å². The third-order valence-corrected chi connectivity index (χ3v) is 3.89. The molecule has 0 aliphatic carbocycles. The van der Waals surface area contributed by atoms with E-state index >= 15 is 0 Å². The smallest absolute Gasteiger partial charge is 0.481 e. The van der Waals surface area contributed by atoms with E-state index in [2.05, 4.69) is 5.32 Å². The quantitative estimate of drug-likeness (QED) is 0.702. The average Bonchev–Trinajstić information content (AvgIpc) is 2.18. The zero-order chi connectivity index (χ0) is 14.1. The Balaban J connectivity index is 3.11. The number of nitrogens with zero attached hydrogens (tertiary/aromatic N) is 1. The van der Waals surface area contributed by atoms with Crippen LogP contribution in [0, 0.1) is 0 Å². The molecule has 0 bridgehead atoms. The average molecular weight is 290 g/mol. The molecular weight excluding hydrogens is 281 g/mol. The van der Waals surface area contributed by atoms with Crippen LogP contribution in [-0.4, -0.2) is 54.3 Å². The Morgan fingerprint density at radius 1 is 1.50 bits per heavy atom. The summed E-state index contributed by atoms with van der Waals surface area (Å²) in [5, 5.41) is 10.6. The molecule has 1 amide bonds. The van der Waals surface area contributed by atoms with Crippen molar-refractivity contribution in [2.24, 2.45) is 0 Å². The molecule has 18 heavy (non-hydrogen) atoms. The lowest BCUT2D eigenvalue weighted by atomic mass is 10.1. The number of carboxylic acid groups (broad SMARTS) is 1. The summed E-state index contributed by atoms with van der Waals surface area (Å²) in [6, 6.07) is -1.89. The Hall–Kier alpha value is -1.36. The highest BCUT2D eigenvalue weighted by atomic mass is 32.2. The van der Waals surface area contributed by atoms with Gasteiger partial charge in [0, 0.05) is 13.1 Å². The van der Waals surface area contributed by atoms with Crippen LogP contribution in [0.4, 0.5) is 13.2 Å². The number of halogens is 3. The van der Waals surface area contributed by atoms with Gasteiger partial charge < -0.3 is 10.4 Å². The van der Waals surface area contributed by atoms with Crippen LogP contribution in [0.25, 0.3) is 0 Å². The molecule has 104 valence electrons. The van der Waals surface area contributed by atoms with Gasteiger partial charge in [0.05, 0.1) is 6.42 Å². The predicted octanol–water partition coefficient (Wildman–Crippen LogP) is -0.889. The van der Waals surface area contributed by atoms with Crippen LogP contribution < -0.4 is 5.32 Å². The molecule has 0 aromatic carbocycles. The minimum Gasteiger partial charge on any atom is -0.481 e. The van der Waals surface area contributed by atoms with Gasteiger partial charge in [0.1, 0.15) is 6.04 Å². The van der Waals surface area contributed by atoms with Crippen molar-refractivity contribution in [1.29, 1.82) is 0 Å². The van der Waals surface area contributed by atoms with Gasteiger partial charge in [-0.2, -0.15) is 17.5 Å². The summed E-state index contributed by atoms with van der Waals surface area (Å²) >= 11 is 0. The van der Waals surface area contributed by atoms with Crippen molar-refractivity contribution in [2.75, 3.05) is 13.1 Å². The second-order valence-corrected chi connectivity index (χ2v) is 5.35. The summed E-state index contributed by atoms with van der Waals surface area (Å²) in [5.74, 6) is -2.63. The number of rotatable bonds is 3. The van der Waals surface area contributed by atoms with Crippen LogP contribution >= 0.6 is 0 Å². The Morgan fingerprint density at radius 3 is 2.50 bits per heavy atom. The van der Waals surface area contributed by atoms with E-state index in [0.29, 0.717) is 0 Å². The molecule has 2 N–H and O–H groups in total. The molecule has 1 aliphatic heterocycles. The SMILES string of the molecule is O=C(O)CC1C(=O)NCCN1S(=O)(=O)C(F)(F)F. The first-order valence-electron chi connectivity index (χ1n) is 4.65. The molecule has 0 radical (unpaired) electrons. The summed E-state index contributed by atoms with van der Waals surface area (Å²) in [5.41, 5.74) is -5.57. The summed E-state index contributed by atoms with van der Waals surface area (Å²) in [6.07, 6.45) is -1.03. The number of hydrogen-bond donors (Lipinski definition) is 2. The molecule has 0 saturated carbocycles. The van der Waals surface area contributed by atoms with E-state index in [1.807, 2.05) is 0 Å². The molecule has 1 atom stereocenters. The molecular formula is C7H9F3N2O5S. The number of carbonyl (C=O) groups excluding carboxylic acids is 1. The van der Waals surface area contributed by atoms with Crippen molar-refractivity contribution >= 4 is 21.9 Å². The molecule has 0 aromatic heterocycles. The van der Waals surface area contributed by atoms with Gasteiger partial charge in [-0.1, -0.05) is 0 Å². The number of sulfonamides is 1. The standard InChI is InChI=1S/C7H9F3N2O5S/c8-7(9,10)18(16,17)12-2-1-11-6(15)4(12)3-5(13)14/h4H,1-3H2,(H,11,15)(H,13,14). The van der Waals surface area contributed by atoms with Crippen molar-refractivity contribution in [3.63, 3.8) is 0 Å². The molecule has 1 saturated heterocycles. The van der Waals surface area contributed by atoms with Gasteiger partial charge in [-0.25, -0.2) is 8.42 Å². The number of hydrogen-bond acceptors (Lipinski definition) is 4. The fourth-order valence-corrected chi connectivity index (χ4v) is 2.58. The van der Waals surface area contributed by atoms with Gasteiger partial charge in [0.15, 0.2) is 0 Å². The number of aliphatic carboxylic acids is 1. The van der Waals surface area contributed by atoms with E-state index < -0.39 is 46.4 Å². The number of carbonyl (C=O) groups is 2. The second-order valence-electron chi connectivity index (χ2n) is 3.47. The fourth-order valence-electron chi connectivity index (χ4n) is 1.47. The van der Waals surface area contributed by atoms with Crippen LogP contribution in [0.3, 0.4) is 0 Å². The predicted molar refractivity (Wildman–Crippen MR) is 50.7 cm³/mol. The summed E-state index contributed by atoms with van der Waals surface area (Å²) in [4.78, 5) is 21.7. The fraction of sp³-hybridized carbons (Fsp3) is 0.714. The first-order valence-corrected chi connectivity index (χ1v) is 6.09. The Morgan fingerprint density at radius 2 is 2.06 bits per heavy atom. The molecule has 1 rings (SSSR count). The number of alkyl halides is 3. The first-order chi connectivity index (χ1) is 8.07. The van der Waals surface area contributed by atoms with E-state index in [0.717, 1.165) is 0 Å². The van der Waals surface area contributed by atoms with Crippen molar-refractivity contribution in [1.82, 2.24) is 9.62 Å². The molecule has 1 unspecified atom stereocenters. The molecule has 1 fully saturated rings. The third-order valence-electron chi connectivity index (χ3n) is 2.25. The minimum atomic E-state index is -5.72. The maximum Gasteiger partial charge on any atom is 0.511 e. The molecule has 0 aromatic rings. The van der Waals surface area contributed by atoms with Gasteiger partial charge in [-0.05, 0) is 0 Å². The van der Waals surface area contributed by atoms with Crippen LogP contribution in [-0.2, 0) is 19.6 Å². The van der Waals surface area contributed by atoms with Crippen LogP contribution in [0.5, 0.6) is 0 Å². The number of nitrogens with one attached hydrogen (secondary N) is 1. The summed E-state index contributed by atoms with van der Waals surface area (Å²) in [6.45, 7) is -0.921. The van der Waals surface area contributed by atoms with Crippen LogP contribution in [0.15, 0.2) is 0 Å². The molecule has 1 aliphatic rings. The van der Waals surface area contributed by atoms with Gasteiger partial charge in [0.2, 0.25) is 5.91 Å². The highest BCUT2D eigenvalue weighted by molar-refractivity contribution is 7.90. The maximum atomic E-state index is 12.3. The second kappa shape index (κ2) is 4.72. The van der Waals surface area contributed by atoms with E-state index in [1.165, 1.54) is 0 Å². The first kappa shape index (κ1) is 14.7. The lowest BCUT2D eigenvalue weighted by Crippen LogP contribution is -2.59. The summed E-state index contributed by atoms with van der Waals surface area (Å²) < 4.78 is 59.3. The summed E-state index contributed by atoms with van der Waals surface area (Å²) in [7, 11) is -5.72. The molecule has 7 nitrogen and oxygen atoms in total. The lowest BCUT2D eigenvalue weighted by Gasteiger charge is -2.33. The Labute approximate surface area is 99.6 Å². The molecule has 11 heteroatoms. The minimum absolute atomic E-state index is 0.125. The highest BCUT2D eigenvalue weighted by Gasteiger charge is 2.54. The largest absolute Gasteiger partial charge is 0.511 e. The zero-order valence-electron chi connectivity index (χ0n) is 8.77. The number of carboxylic acids is 1. The monoisotopic (exact) mass is 290 g/mol. The van der Waals surface area contributed by atoms with E-state index in [9.17, 15) is 31.2 Å². The highest BCUT2D eigenvalue weighted by Crippen LogP contribution is 2.29. The van der Waals surface area contributed by atoms with Gasteiger partial charge in [-0.3, -0.25) is 9.59 Å². The number of piperazine rings is 1. The zero-order valence-corrected chi connectivity index (χ0v) is 9.58. The lowest BCUT2D eigenvalue weighted by molar-refractivity contribution is -0.142. The van der Waals surface area contributed by atoms with Crippen molar-refractivity contribution in [3.8, 4) is 0 Å². The topological polar surface area (TPSA) is 104 Å². The third kappa shape index (κ3) is 2.72. The normalized spacial score (nSPS) is 22.6. The maximum absolute atomic E-state index is 12.3. The van der Waals surface area contributed by atoms with Crippen molar-refractivity contribution < 1.29 is 36.3 Å².